The van der Waals surface area contributed by atoms with Crippen molar-refractivity contribution < 1.29 is 9.18 Å². The fourth-order valence-electron chi connectivity index (χ4n) is 4.04. The van der Waals surface area contributed by atoms with Gasteiger partial charge in [0, 0.05) is 47.7 Å². The molecule has 1 N–H and O–H groups in total. The van der Waals surface area contributed by atoms with Crippen LogP contribution in [0.5, 0.6) is 0 Å². The number of nitrogens with zero attached hydrogens (tertiary/aromatic N) is 2. The molecule has 0 radical (unpaired) electrons. The number of rotatable bonds is 6. The number of halogens is 1. The van der Waals surface area contributed by atoms with Crippen molar-refractivity contribution in [2.24, 2.45) is 0 Å². The molecule has 0 bridgehead atoms. The highest BCUT2D eigenvalue weighted by Gasteiger charge is 2.31. The molecule has 0 saturated carbocycles. The van der Waals surface area contributed by atoms with Crippen LogP contribution >= 0.6 is 11.3 Å². The summed E-state index contributed by atoms with van der Waals surface area (Å²) in [5, 5.41) is 3.92. The molecule has 1 aromatic heterocycles. The van der Waals surface area contributed by atoms with E-state index in [1.165, 1.54) is 10.9 Å². The molecular weight excluding hydrogens is 409 g/mol. The highest BCUT2D eigenvalue weighted by atomic mass is 32.1. The zero-order valence-electron chi connectivity index (χ0n) is 18.0. The van der Waals surface area contributed by atoms with Crippen molar-refractivity contribution in [3.05, 3.63) is 88.0 Å². The average molecular weight is 438 g/mol. The van der Waals surface area contributed by atoms with Gasteiger partial charge in [0.1, 0.15) is 10.8 Å². The fourth-order valence-corrected chi connectivity index (χ4v) is 5.06. The predicted octanol–water partition coefficient (Wildman–Crippen LogP) is 5.04. The summed E-state index contributed by atoms with van der Waals surface area (Å²) in [5.74, 6) is -0.354. The van der Waals surface area contributed by atoms with Gasteiger partial charge >= 0.3 is 0 Å². The van der Waals surface area contributed by atoms with E-state index >= 15 is 0 Å². The largest absolute Gasteiger partial charge is 0.313 e. The summed E-state index contributed by atoms with van der Waals surface area (Å²) in [6.07, 6.45) is 0.867. The normalized spacial score (nSPS) is 16.2. The van der Waals surface area contributed by atoms with Gasteiger partial charge in [-0.3, -0.25) is 9.69 Å². The molecule has 1 amide bonds. The monoisotopic (exact) mass is 437 g/mol. The van der Waals surface area contributed by atoms with Crippen LogP contribution in [-0.2, 0) is 6.42 Å². The van der Waals surface area contributed by atoms with E-state index < -0.39 is 0 Å². The molecule has 0 spiro atoms. The highest BCUT2D eigenvalue weighted by Crippen LogP contribution is 2.40. The topological polar surface area (TPSA) is 35.6 Å². The number of thiophene rings is 1. The van der Waals surface area contributed by atoms with E-state index in [0.717, 1.165) is 43.2 Å². The van der Waals surface area contributed by atoms with Crippen molar-refractivity contribution in [3.8, 4) is 0 Å². The first kappa shape index (κ1) is 21.7. The quantitative estimate of drug-likeness (QED) is 0.587. The Labute approximate surface area is 187 Å². The van der Waals surface area contributed by atoms with Crippen LogP contribution in [0.1, 0.15) is 39.3 Å². The molecule has 2 aromatic carbocycles. The summed E-state index contributed by atoms with van der Waals surface area (Å²) in [7, 11) is 2.11. The molecule has 1 aliphatic heterocycles. The summed E-state index contributed by atoms with van der Waals surface area (Å²) in [5.41, 5.74) is 2.24. The Balaban J connectivity index is 1.75. The third kappa shape index (κ3) is 4.87. The number of carbonyl (C=O) groups is 1. The van der Waals surface area contributed by atoms with Crippen LogP contribution in [0.15, 0.2) is 60.7 Å². The number of benzene rings is 2. The molecule has 0 unspecified atom stereocenters. The smallest absolute Gasteiger partial charge is 0.256 e. The minimum absolute atomic E-state index is 0.142. The number of hydrogen-bond acceptors (Lipinski definition) is 4. The third-order valence-corrected chi connectivity index (χ3v) is 7.03. The lowest BCUT2D eigenvalue weighted by molar-refractivity contribution is 0.102. The third-order valence-electron chi connectivity index (χ3n) is 5.82. The summed E-state index contributed by atoms with van der Waals surface area (Å²) < 4.78 is 15.0. The second-order valence-electron chi connectivity index (χ2n) is 7.93. The Morgan fingerprint density at radius 2 is 1.71 bits per heavy atom. The maximum Gasteiger partial charge on any atom is 0.256 e. The molecule has 4 rings (SSSR count). The van der Waals surface area contributed by atoms with Crippen molar-refractivity contribution in [2.75, 3.05) is 38.5 Å². The molecule has 162 valence electrons. The van der Waals surface area contributed by atoms with Gasteiger partial charge in [-0.05, 0) is 37.7 Å². The molecule has 31 heavy (non-hydrogen) atoms. The van der Waals surface area contributed by atoms with E-state index in [4.69, 9.17) is 0 Å². The second kappa shape index (κ2) is 9.73. The zero-order valence-corrected chi connectivity index (χ0v) is 18.8. The van der Waals surface area contributed by atoms with E-state index in [2.05, 4.69) is 35.2 Å². The minimum Gasteiger partial charge on any atom is -0.313 e. The Hall–Kier alpha value is -2.54. The second-order valence-corrected chi connectivity index (χ2v) is 9.07. The molecule has 6 heteroatoms. The van der Waals surface area contributed by atoms with Crippen LogP contribution in [0, 0.1) is 5.82 Å². The van der Waals surface area contributed by atoms with Crippen molar-refractivity contribution in [2.45, 2.75) is 19.4 Å². The van der Waals surface area contributed by atoms with Crippen LogP contribution in [0.3, 0.4) is 0 Å². The van der Waals surface area contributed by atoms with Crippen LogP contribution in [-0.4, -0.2) is 48.9 Å². The lowest BCUT2D eigenvalue weighted by Gasteiger charge is -2.38. The Morgan fingerprint density at radius 1 is 1.03 bits per heavy atom. The molecule has 4 nitrogen and oxygen atoms in total. The number of anilines is 1. The van der Waals surface area contributed by atoms with Gasteiger partial charge in [0.2, 0.25) is 0 Å². The summed E-state index contributed by atoms with van der Waals surface area (Å²) in [4.78, 5) is 18.7. The molecular formula is C25H28FN3OS. The van der Waals surface area contributed by atoms with E-state index in [1.54, 1.807) is 29.5 Å². The van der Waals surface area contributed by atoms with Crippen molar-refractivity contribution in [3.63, 3.8) is 0 Å². The van der Waals surface area contributed by atoms with E-state index in [9.17, 15) is 9.18 Å². The molecule has 0 aliphatic carbocycles. The van der Waals surface area contributed by atoms with Gasteiger partial charge in [-0.15, -0.1) is 11.3 Å². The standard InChI is InChI=1S/C25H28FN3OS/c1-3-19-17-21(25(31-19)27-24(30)18-9-5-4-6-10-18)23(20-11-7-8-12-22(20)26)29-15-13-28(2)14-16-29/h4-12,17,23H,3,13-16H2,1-2H3,(H,27,30)/t23-/m0/s1. The van der Waals surface area contributed by atoms with Gasteiger partial charge in [-0.25, -0.2) is 4.39 Å². The molecule has 2 heterocycles. The van der Waals surface area contributed by atoms with Crippen molar-refractivity contribution in [1.82, 2.24) is 9.80 Å². The molecule has 3 aromatic rings. The number of aryl methyl sites for hydroxylation is 1. The van der Waals surface area contributed by atoms with E-state index in [0.29, 0.717) is 11.1 Å². The SMILES string of the molecule is CCc1cc([C@H](c2ccccc2F)N2CCN(C)CC2)c(NC(=O)c2ccccc2)s1. The van der Waals surface area contributed by atoms with Gasteiger partial charge < -0.3 is 10.2 Å². The molecule has 1 saturated heterocycles. The number of piperazine rings is 1. The van der Waals surface area contributed by atoms with Gasteiger partial charge in [0.25, 0.3) is 5.91 Å². The number of carbonyl (C=O) groups excluding carboxylic acids is 1. The van der Waals surface area contributed by atoms with Crippen molar-refractivity contribution >= 4 is 22.2 Å². The van der Waals surface area contributed by atoms with Gasteiger partial charge in [-0.1, -0.05) is 43.3 Å². The van der Waals surface area contributed by atoms with E-state index in [1.807, 2.05) is 30.3 Å². The fraction of sp³-hybridized carbons (Fsp3) is 0.320. The number of likely N-dealkylation sites (N-methyl/N-ethyl adjacent to an activating group) is 1. The summed E-state index contributed by atoms with van der Waals surface area (Å²) >= 11 is 1.58. The lowest BCUT2D eigenvalue weighted by atomic mass is 9.96. The first-order valence-corrected chi connectivity index (χ1v) is 11.5. The predicted molar refractivity (Wildman–Crippen MR) is 125 cm³/mol. The van der Waals surface area contributed by atoms with Crippen LogP contribution < -0.4 is 5.32 Å². The van der Waals surface area contributed by atoms with Crippen LogP contribution in [0.4, 0.5) is 9.39 Å². The average Bonchev–Trinajstić information content (AvgIpc) is 3.19. The minimum atomic E-state index is -0.238. The van der Waals surface area contributed by atoms with Crippen molar-refractivity contribution in [1.29, 1.82) is 0 Å². The summed E-state index contributed by atoms with van der Waals surface area (Å²) in [6.45, 7) is 5.66. The number of amides is 1. The Morgan fingerprint density at radius 3 is 2.39 bits per heavy atom. The molecule has 1 atom stereocenters. The lowest BCUT2D eigenvalue weighted by Crippen LogP contribution is -2.46. The maximum atomic E-state index is 15.0. The summed E-state index contributed by atoms with van der Waals surface area (Å²) in [6, 6.07) is 18.1. The van der Waals surface area contributed by atoms with Crippen LogP contribution in [0.2, 0.25) is 0 Å². The maximum absolute atomic E-state index is 15.0. The first-order chi connectivity index (χ1) is 15.1. The number of hydrogen-bond donors (Lipinski definition) is 1. The Bertz CT molecular complexity index is 1030. The van der Waals surface area contributed by atoms with E-state index in [-0.39, 0.29) is 17.8 Å². The van der Waals surface area contributed by atoms with Gasteiger partial charge in [-0.2, -0.15) is 0 Å². The first-order valence-electron chi connectivity index (χ1n) is 10.7. The zero-order chi connectivity index (χ0) is 21.8. The highest BCUT2D eigenvalue weighted by molar-refractivity contribution is 7.16. The van der Waals surface area contributed by atoms with Crippen LogP contribution in [0.25, 0.3) is 0 Å². The Kier molecular flexibility index (Phi) is 6.80. The molecule has 1 aliphatic rings. The number of nitrogens with one attached hydrogen (secondary N) is 1. The van der Waals surface area contributed by atoms with Gasteiger partial charge in [0.05, 0.1) is 6.04 Å². The molecule has 1 fully saturated rings. The van der Waals surface area contributed by atoms with Gasteiger partial charge in [0.15, 0.2) is 0 Å².